The lowest BCUT2D eigenvalue weighted by molar-refractivity contribution is 0.465. The highest BCUT2D eigenvalue weighted by Crippen LogP contribution is 2.10. The molecule has 4 nitrogen and oxygen atoms in total. The summed E-state index contributed by atoms with van der Waals surface area (Å²) >= 11 is 5.15. The highest BCUT2D eigenvalue weighted by molar-refractivity contribution is 7.71. The summed E-state index contributed by atoms with van der Waals surface area (Å²) in [7, 11) is 0. The molecule has 0 saturated heterocycles. The highest BCUT2D eigenvalue weighted by atomic mass is 32.1. The first-order valence-electron chi connectivity index (χ1n) is 4.90. The minimum absolute atomic E-state index is 0.640. The number of aromatic amines is 1. The molecule has 0 fully saturated rings. The van der Waals surface area contributed by atoms with Crippen LogP contribution in [0.5, 0.6) is 0 Å². The second-order valence-corrected chi connectivity index (χ2v) is 3.78. The van der Waals surface area contributed by atoms with Crippen LogP contribution < -0.4 is 0 Å². The van der Waals surface area contributed by atoms with Gasteiger partial charge in [-0.15, -0.1) is 0 Å². The molecule has 0 aliphatic heterocycles. The number of aryl methyl sites for hydroxylation is 2. The van der Waals surface area contributed by atoms with E-state index in [9.17, 15) is 0 Å². The molecule has 0 aliphatic rings. The van der Waals surface area contributed by atoms with E-state index in [4.69, 9.17) is 16.6 Å². The van der Waals surface area contributed by atoms with E-state index in [-0.39, 0.29) is 0 Å². The summed E-state index contributed by atoms with van der Waals surface area (Å²) in [5, 5.41) is 6.93. The number of hydrogen-bond donors (Lipinski definition) is 1. The van der Waals surface area contributed by atoms with E-state index in [1.54, 1.807) is 0 Å². The van der Waals surface area contributed by atoms with E-state index in [0.717, 1.165) is 23.8 Å². The van der Waals surface area contributed by atoms with Gasteiger partial charge in [-0.05, 0) is 31.3 Å². The number of H-pyrrole nitrogens is 1. The average molecular weight is 223 g/mol. The van der Waals surface area contributed by atoms with Gasteiger partial charge in [0.15, 0.2) is 4.77 Å². The standard InChI is InChI=1S/C10H13N3OS/c1-3-9-11-12-10(15)13(9)6-8-5-4-7(2)14-8/h4-5H,3,6H2,1-2H3,(H,12,15). The third-order valence-corrected chi connectivity index (χ3v) is 2.58. The predicted molar refractivity (Wildman–Crippen MR) is 59.3 cm³/mol. The maximum atomic E-state index is 5.50. The zero-order chi connectivity index (χ0) is 10.8. The maximum Gasteiger partial charge on any atom is 0.195 e. The van der Waals surface area contributed by atoms with Gasteiger partial charge < -0.3 is 4.42 Å². The molecule has 0 radical (unpaired) electrons. The van der Waals surface area contributed by atoms with Crippen LogP contribution in [0.2, 0.25) is 0 Å². The highest BCUT2D eigenvalue weighted by Gasteiger charge is 2.06. The van der Waals surface area contributed by atoms with Crippen LogP contribution in [0.25, 0.3) is 0 Å². The Balaban J connectivity index is 2.31. The molecule has 15 heavy (non-hydrogen) atoms. The summed E-state index contributed by atoms with van der Waals surface area (Å²) in [6.07, 6.45) is 0.854. The minimum Gasteiger partial charge on any atom is -0.464 e. The smallest absolute Gasteiger partial charge is 0.195 e. The Kier molecular flexibility index (Phi) is 2.73. The second kappa shape index (κ2) is 4.02. The Morgan fingerprint density at radius 2 is 2.33 bits per heavy atom. The molecular weight excluding hydrogens is 210 g/mol. The third kappa shape index (κ3) is 2.02. The summed E-state index contributed by atoms with van der Waals surface area (Å²) < 4.78 is 8.09. The van der Waals surface area contributed by atoms with Crippen LogP contribution in [0.3, 0.4) is 0 Å². The molecule has 2 aromatic rings. The van der Waals surface area contributed by atoms with Gasteiger partial charge in [0, 0.05) is 6.42 Å². The van der Waals surface area contributed by atoms with E-state index >= 15 is 0 Å². The Hall–Kier alpha value is -1.36. The van der Waals surface area contributed by atoms with Gasteiger partial charge in [-0.3, -0.25) is 9.67 Å². The molecule has 0 aromatic carbocycles. The Labute approximate surface area is 92.9 Å². The third-order valence-electron chi connectivity index (χ3n) is 2.26. The Bertz CT molecular complexity index is 509. The maximum absolute atomic E-state index is 5.50. The van der Waals surface area contributed by atoms with Crippen LogP contribution in [0, 0.1) is 11.7 Å². The minimum atomic E-state index is 0.640. The fourth-order valence-corrected chi connectivity index (χ4v) is 1.72. The zero-order valence-electron chi connectivity index (χ0n) is 8.78. The number of hydrogen-bond acceptors (Lipinski definition) is 3. The van der Waals surface area contributed by atoms with Gasteiger partial charge in [0.1, 0.15) is 17.3 Å². The van der Waals surface area contributed by atoms with Crippen molar-refractivity contribution in [3.8, 4) is 0 Å². The summed E-state index contributed by atoms with van der Waals surface area (Å²) in [4.78, 5) is 0. The van der Waals surface area contributed by atoms with Crippen LogP contribution in [-0.4, -0.2) is 14.8 Å². The first-order valence-corrected chi connectivity index (χ1v) is 5.31. The largest absolute Gasteiger partial charge is 0.464 e. The van der Waals surface area contributed by atoms with E-state index < -0.39 is 0 Å². The molecule has 0 bridgehead atoms. The lowest BCUT2D eigenvalue weighted by Crippen LogP contribution is -2.03. The number of nitrogens with one attached hydrogen (secondary N) is 1. The van der Waals surface area contributed by atoms with Crippen molar-refractivity contribution in [3.63, 3.8) is 0 Å². The molecule has 80 valence electrons. The van der Waals surface area contributed by atoms with Gasteiger partial charge in [0.05, 0.1) is 6.54 Å². The first kappa shape index (κ1) is 10.2. The molecule has 0 unspecified atom stereocenters. The lowest BCUT2D eigenvalue weighted by Gasteiger charge is -2.02. The van der Waals surface area contributed by atoms with Crippen molar-refractivity contribution in [2.75, 3.05) is 0 Å². The number of furan rings is 1. The molecule has 5 heteroatoms. The van der Waals surface area contributed by atoms with Crippen molar-refractivity contribution in [2.24, 2.45) is 0 Å². The number of rotatable bonds is 3. The normalized spacial score (nSPS) is 10.8. The zero-order valence-corrected chi connectivity index (χ0v) is 9.60. The summed E-state index contributed by atoms with van der Waals surface area (Å²) in [5.41, 5.74) is 0. The molecule has 2 rings (SSSR count). The van der Waals surface area contributed by atoms with Gasteiger partial charge in [-0.2, -0.15) is 5.10 Å². The lowest BCUT2D eigenvalue weighted by atomic mass is 10.4. The van der Waals surface area contributed by atoms with Gasteiger partial charge in [-0.1, -0.05) is 6.92 Å². The fraction of sp³-hybridized carbons (Fsp3) is 0.400. The Morgan fingerprint density at radius 1 is 1.53 bits per heavy atom. The molecular formula is C10H13N3OS. The molecule has 2 aromatic heterocycles. The molecule has 1 N–H and O–H groups in total. The molecule has 2 heterocycles. The monoisotopic (exact) mass is 223 g/mol. The second-order valence-electron chi connectivity index (χ2n) is 3.40. The van der Waals surface area contributed by atoms with Crippen molar-refractivity contribution in [3.05, 3.63) is 34.2 Å². The Morgan fingerprint density at radius 3 is 2.93 bits per heavy atom. The molecule has 0 amide bonds. The van der Waals surface area contributed by atoms with Crippen molar-refractivity contribution in [2.45, 2.75) is 26.8 Å². The quantitative estimate of drug-likeness (QED) is 0.813. The van der Waals surface area contributed by atoms with E-state index in [2.05, 4.69) is 17.1 Å². The van der Waals surface area contributed by atoms with Crippen molar-refractivity contribution < 1.29 is 4.42 Å². The van der Waals surface area contributed by atoms with Crippen molar-refractivity contribution >= 4 is 12.2 Å². The SMILES string of the molecule is CCc1n[nH]c(=S)n1Cc1ccc(C)o1. The van der Waals surface area contributed by atoms with Crippen molar-refractivity contribution in [1.82, 2.24) is 14.8 Å². The topological polar surface area (TPSA) is 46.8 Å². The van der Waals surface area contributed by atoms with Gasteiger partial charge in [0.2, 0.25) is 0 Å². The van der Waals surface area contributed by atoms with Crippen LogP contribution in [0.4, 0.5) is 0 Å². The molecule has 0 aliphatic carbocycles. The van der Waals surface area contributed by atoms with E-state index in [0.29, 0.717) is 11.3 Å². The predicted octanol–water partition coefficient (Wildman–Crippen LogP) is 2.45. The van der Waals surface area contributed by atoms with Crippen molar-refractivity contribution in [1.29, 1.82) is 0 Å². The summed E-state index contributed by atoms with van der Waals surface area (Å²) in [6, 6.07) is 3.91. The molecule has 0 atom stereocenters. The van der Waals surface area contributed by atoms with Crippen LogP contribution >= 0.6 is 12.2 Å². The fourth-order valence-electron chi connectivity index (χ4n) is 1.51. The van der Waals surface area contributed by atoms with E-state index in [1.807, 2.05) is 23.6 Å². The summed E-state index contributed by atoms with van der Waals surface area (Å²) in [5.74, 6) is 2.77. The summed E-state index contributed by atoms with van der Waals surface area (Å²) in [6.45, 7) is 4.63. The van der Waals surface area contributed by atoms with E-state index in [1.165, 1.54) is 0 Å². The molecule has 0 saturated carbocycles. The van der Waals surface area contributed by atoms with Crippen LogP contribution in [-0.2, 0) is 13.0 Å². The van der Waals surface area contributed by atoms with Gasteiger partial charge >= 0.3 is 0 Å². The van der Waals surface area contributed by atoms with Crippen LogP contribution in [0.1, 0.15) is 24.3 Å². The van der Waals surface area contributed by atoms with Gasteiger partial charge in [-0.25, -0.2) is 0 Å². The molecule has 0 spiro atoms. The number of nitrogens with zero attached hydrogens (tertiary/aromatic N) is 2. The first-order chi connectivity index (χ1) is 7.20. The average Bonchev–Trinajstić information content (AvgIpc) is 2.76. The van der Waals surface area contributed by atoms with Crippen LogP contribution in [0.15, 0.2) is 16.5 Å². The number of aromatic nitrogens is 3. The van der Waals surface area contributed by atoms with Gasteiger partial charge in [0.25, 0.3) is 0 Å².